The van der Waals surface area contributed by atoms with Crippen molar-refractivity contribution < 1.29 is 22.3 Å². The van der Waals surface area contributed by atoms with Crippen molar-refractivity contribution in [2.24, 2.45) is 11.1 Å². The fourth-order valence-electron chi connectivity index (χ4n) is 2.50. The van der Waals surface area contributed by atoms with Gasteiger partial charge in [-0.3, -0.25) is 0 Å². The molecule has 0 atom stereocenters. The third kappa shape index (κ3) is 3.79. The fourth-order valence-corrected chi connectivity index (χ4v) is 3.12. The van der Waals surface area contributed by atoms with Gasteiger partial charge < -0.3 is 4.74 Å². The lowest BCUT2D eigenvalue weighted by molar-refractivity contribution is 0.0436. The van der Waals surface area contributed by atoms with E-state index in [0.717, 1.165) is 37.8 Å². The standard InChI is InChI=1S/C14H18FNO4S/c1-9-6-11(21(16,18)19)7-12(13(9)15)14(17)20-8-10-4-2-3-5-10/h6-7,10H,2-5,8H2,1H3,(H2,16,18,19). The van der Waals surface area contributed by atoms with Crippen molar-refractivity contribution in [1.82, 2.24) is 0 Å². The molecule has 21 heavy (non-hydrogen) atoms. The maximum absolute atomic E-state index is 14.0. The molecule has 7 heteroatoms. The largest absolute Gasteiger partial charge is 0.462 e. The molecule has 0 aliphatic heterocycles. The summed E-state index contributed by atoms with van der Waals surface area (Å²) in [6, 6.07) is 2.02. The number of halogens is 1. The number of nitrogens with two attached hydrogens (primary N) is 1. The van der Waals surface area contributed by atoms with Crippen LogP contribution in [0.3, 0.4) is 0 Å². The van der Waals surface area contributed by atoms with E-state index in [-0.39, 0.29) is 17.1 Å². The first-order chi connectivity index (χ1) is 9.79. The molecule has 1 aromatic carbocycles. The minimum Gasteiger partial charge on any atom is -0.462 e. The summed E-state index contributed by atoms with van der Waals surface area (Å²) in [5, 5.41) is 5.02. The van der Waals surface area contributed by atoms with Gasteiger partial charge >= 0.3 is 5.97 Å². The van der Waals surface area contributed by atoms with Gasteiger partial charge in [-0.2, -0.15) is 0 Å². The van der Waals surface area contributed by atoms with Crippen molar-refractivity contribution in [3.05, 3.63) is 29.1 Å². The Hall–Kier alpha value is -1.47. The molecule has 1 aliphatic carbocycles. The Balaban J connectivity index is 2.21. The van der Waals surface area contributed by atoms with E-state index in [1.54, 1.807) is 0 Å². The Morgan fingerprint density at radius 3 is 2.57 bits per heavy atom. The number of primary sulfonamides is 1. The van der Waals surface area contributed by atoms with Crippen LogP contribution in [0.1, 0.15) is 41.6 Å². The van der Waals surface area contributed by atoms with Crippen LogP contribution in [0, 0.1) is 18.7 Å². The summed E-state index contributed by atoms with van der Waals surface area (Å²) in [7, 11) is -4.00. The predicted octanol–water partition coefficient (Wildman–Crippen LogP) is 2.13. The zero-order chi connectivity index (χ0) is 15.6. The van der Waals surface area contributed by atoms with E-state index in [1.165, 1.54) is 6.92 Å². The molecule has 1 aromatic rings. The van der Waals surface area contributed by atoms with Gasteiger partial charge in [0.25, 0.3) is 0 Å². The van der Waals surface area contributed by atoms with Gasteiger partial charge in [0.15, 0.2) is 0 Å². The number of ether oxygens (including phenoxy) is 1. The molecule has 0 bridgehead atoms. The van der Waals surface area contributed by atoms with Crippen LogP contribution in [0.4, 0.5) is 4.39 Å². The molecule has 1 saturated carbocycles. The van der Waals surface area contributed by atoms with Gasteiger partial charge in [0.05, 0.1) is 17.1 Å². The number of sulfonamides is 1. The lowest BCUT2D eigenvalue weighted by atomic mass is 10.1. The summed E-state index contributed by atoms with van der Waals surface area (Å²) in [6.07, 6.45) is 4.20. The maximum Gasteiger partial charge on any atom is 0.341 e. The molecule has 0 radical (unpaired) electrons. The molecule has 2 N–H and O–H groups in total. The molecule has 0 saturated heterocycles. The summed E-state index contributed by atoms with van der Waals surface area (Å²) in [5.41, 5.74) is -0.355. The number of esters is 1. The van der Waals surface area contributed by atoms with Gasteiger partial charge in [-0.05, 0) is 43.4 Å². The number of carbonyl (C=O) groups excluding carboxylic acids is 1. The number of carbonyl (C=O) groups is 1. The first kappa shape index (κ1) is 15.9. The van der Waals surface area contributed by atoms with Crippen LogP contribution < -0.4 is 5.14 Å². The van der Waals surface area contributed by atoms with Gasteiger partial charge in [-0.1, -0.05) is 12.8 Å². The highest BCUT2D eigenvalue weighted by Crippen LogP contribution is 2.25. The summed E-state index contributed by atoms with van der Waals surface area (Å²) < 4.78 is 41.8. The van der Waals surface area contributed by atoms with Crippen LogP contribution in [-0.4, -0.2) is 21.0 Å². The summed E-state index contributed by atoms with van der Waals surface area (Å²) in [4.78, 5) is 11.7. The average molecular weight is 315 g/mol. The average Bonchev–Trinajstić information content (AvgIpc) is 2.91. The first-order valence-corrected chi connectivity index (χ1v) is 8.33. The third-order valence-corrected chi connectivity index (χ3v) is 4.59. The fraction of sp³-hybridized carbons (Fsp3) is 0.500. The van der Waals surface area contributed by atoms with E-state index < -0.39 is 27.4 Å². The smallest absolute Gasteiger partial charge is 0.341 e. The van der Waals surface area contributed by atoms with Crippen molar-refractivity contribution in [3.63, 3.8) is 0 Å². The Labute approximate surface area is 123 Å². The zero-order valence-corrected chi connectivity index (χ0v) is 12.6. The van der Waals surface area contributed by atoms with Crippen LogP contribution in [0.2, 0.25) is 0 Å². The van der Waals surface area contributed by atoms with Crippen molar-refractivity contribution in [1.29, 1.82) is 0 Å². The SMILES string of the molecule is Cc1cc(S(N)(=O)=O)cc(C(=O)OCC2CCCC2)c1F. The molecular weight excluding hydrogens is 297 g/mol. The monoisotopic (exact) mass is 315 g/mol. The highest BCUT2D eigenvalue weighted by Gasteiger charge is 2.22. The Morgan fingerprint density at radius 2 is 2.00 bits per heavy atom. The van der Waals surface area contributed by atoms with Crippen molar-refractivity contribution in [2.45, 2.75) is 37.5 Å². The lowest BCUT2D eigenvalue weighted by Gasteiger charge is -2.12. The molecule has 0 heterocycles. The number of hydrogen-bond donors (Lipinski definition) is 1. The number of benzene rings is 1. The maximum atomic E-state index is 14.0. The van der Waals surface area contributed by atoms with E-state index in [1.807, 2.05) is 0 Å². The van der Waals surface area contributed by atoms with Crippen LogP contribution in [0.15, 0.2) is 17.0 Å². The molecule has 1 fully saturated rings. The predicted molar refractivity (Wildman–Crippen MR) is 74.8 cm³/mol. The summed E-state index contributed by atoms with van der Waals surface area (Å²) in [5.74, 6) is -1.33. The van der Waals surface area contributed by atoms with Crippen LogP contribution in [0.25, 0.3) is 0 Å². The van der Waals surface area contributed by atoms with Crippen molar-refractivity contribution in [2.75, 3.05) is 6.61 Å². The minimum atomic E-state index is -4.00. The summed E-state index contributed by atoms with van der Waals surface area (Å²) >= 11 is 0. The molecule has 0 aromatic heterocycles. The van der Waals surface area contributed by atoms with E-state index in [9.17, 15) is 17.6 Å². The topological polar surface area (TPSA) is 86.5 Å². The molecule has 0 unspecified atom stereocenters. The second-order valence-electron chi connectivity index (χ2n) is 5.40. The molecular formula is C14H18FNO4S. The number of aryl methyl sites for hydroxylation is 1. The second-order valence-corrected chi connectivity index (χ2v) is 6.96. The van der Waals surface area contributed by atoms with Gasteiger partial charge in [0, 0.05) is 0 Å². The second kappa shape index (κ2) is 6.11. The van der Waals surface area contributed by atoms with Crippen molar-refractivity contribution in [3.8, 4) is 0 Å². The van der Waals surface area contributed by atoms with Crippen molar-refractivity contribution >= 4 is 16.0 Å². The highest BCUT2D eigenvalue weighted by atomic mass is 32.2. The highest BCUT2D eigenvalue weighted by molar-refractivity contribution is 7.89. The molecule has 0 spiro atoms. The van der Waals surface area contributed by atoms with Gasteiger partial charge in [0.2, 0.25) is 10.0 Å². The van der Waals surface area contributed by atoms with Gasteiger partial charge in [0.1, 0.15) is 5.82 Å². The lowest BCUT2D eigenvalue weighted by Crippen LogP contribution is -2.17. The van der Waals surface area contributed by atoms with Crippen LogP contribution in [0.5, 0.6) is 0 Å². The van der Waals surface area contributed by atoms with Crippen LogP contribution >= 0.6 is 0 Å². The number of rotatable bonds is 4. The molecule has 1 aliphatic rings. The normalized spacial score (nSPS) is 16.1. The Kier molecular flexibility index (Phi) is 4.63. The molecule has 116 valence electrons. The minimum absolute atomic E-state index is 0.0364. The van der Waals surface area contributed by atoms with Crippen LogP contribution in [-0.2, 0) is 14.8 Å². The zero-order valence-electron chi connectivity index (χ0n) is 11.8. The molecule has 2 rings (SSSR count). The molecule has 0 amide bonds. The third-order valence-electron chi connectivity index (χ3n) is 3.70. The Bertz CT molecular complexity index is 651. The quantitative estimate of drug-likeness (QED) is 0.862. The molecule has 5 nitrogen and oxygen atoms in total. The van der Waals surface area contributed by atoms with E-state index >= 15 is 0 Å². The summed E-state index contributed by atoms with van der Waals surface area (Å²) in [6.45, 7) is 1.61. The number of hydrogen-bond acceptors (Lipinski definition) is 4. The van der Waals surface area contributed by atoms with Gasteiger partial charge in [-0.15, -0.1) is 0 Å². The first-order valence-electron chi connectivity index (χ1n) is 6.79. The van der Waals surface area contributed by atoms with E-state index in [2.05, 4.69) is 0 Å². The Morgan fingerprint density at radius 1 is 1.38 bits per heavy atom. The van der Waals surface area contributed by atoms with E-state index in [0.29, 0.717) is 5.92 Å². The van der Waals surface area contributed by atoms with Gasteiger partial charge in [-0.25, -0.2) is 22.7 Å². The van der Waals surface area contributed by atoms with E-state index in [4.69, 9.17) is 9.88 Å².